The first-order valence-corrected chi connectivity index (χ1v) is 7.95. The molecule has 0 aliphatic heterocycles. The number of aryl methyl sites for hydroxylation is 1. The van der Waals surface area contributed by atoms with Gasteiger partial charge in [0.25, 0.3) is 0 Å². The molecule has 2 nitrogen and oxygen atoms in total. The molecule has 0 bridgehead atoms. The van der Waals surface area contributed by atoms with E-state index in [4.69, 9.17) is 23.2 Å². The molecule has 0 aliphatic rings. The molecule has 1 aromatic heterocycles. The SMILES string of the molecule is CCCNC(Cc1ccc(C)cc1Cl)c1ccncc1Cl. The summed E-state index contributed by atoms with van der Waals surface area (Å²) in [5.74, 6) is 0. The Labute approximate surface area is 136 Å². The smallest absolute Gasteiger partial charge is 0.0637 e. The fourth-order valence-electron chi connectivity index (χ4n) is 2.32. The van der Waals surface area contributed by atoms with Crippen LogP contribution in [0.5, 0.6) is 0 Å². The number of hydrogen-bond acceptors (Lipinski definition) is 2. The van der Waals surface area contributed by atoms with Gasteiger partial charge in [0.1, 0.15) is 0 Å². The van der Waals surface area contributed by atoms with Gasteiger partial charge in [-0.25, -0.2) is 0 Å². The molecule has 1 N–H and O–H groups in total. The van der Waals surface area contributed by atoms with Crippen molar-refractivity contribution in [2.24, 2.45) is 0 Å². The van der Waals surface area contributed by atoms with Gasteiger partial charge >= 0.3 is 0 Å². The summed E-state index contributed by atoms with van der Waals surface area (Å²) >= 11 is 12.7. The highest BCUT2D eigenvalue weighted by Crippen LogP contribution is 2.28. The van der Waals surface area contributed by atoms with Crippen molar-refractivity contribution in [3.05, 3.63) is 63.4 Å². The lowest BCUT2D eigenvalue weighted by Gasteiger charge is -2.21. The Bertz CT molecular complexity index is 599. The predicted molar refractivity (Wildman–Crippen MR) is 90.2 cm³/mol. The van der Waals surface area contributed by atoms with Crippen molar-refractivity contribution in [2.45, 2.75) is 32.7 Å². The van der Waals surface area contributed by atoms with E-state index >= 15 is 0 Å². The molecule has 1 unspecified atom stereocenters. The summed E-state index contributed by atoms with van der Waals surface area (Å²) in [6, 6.07) is 8.29. The highest BCUT2D eigenvalue weighted by molar-refractivity contribution is 6.31. The third-order valence-corrected chi connectivity index (χ3v) is 4.12. The molecule has 2 rings (SSSR count). The molecule has 1 aromatic carbocycles. The summed E-state index contributed by atoms with van der Waals surface area (Å²) in [5.41, 5.74) is 3.37. The predicted octanol–water partition coefficient (Wildman–Crippen LogP) is 4.98. The molecular formula is C17H20Cl2N2. The van der Waals surface area contributed by atoms with Gasteiger partial charge in [0, 0.05) is 23.5 Å². The van der Waals surface area contributed by atoms with E-state index in [9.17, 15) is 0 Å². The summed E-state index contributed by atoms with van der Waals surface area (Å²) in [5, 5.41) is 5.04. The minimum absolute atomic E-state index is 0.139. The fourth-order valence-corrected chi connectivity index (χ4v) is 2.88. The molecule has 0 radical (unpaired) electrons. The molecule has 1 heterocycles. The van der Waals surface area contributed by atoms with Gasteiger partial charge in [-0.15, -0.1) is 0 Å². The van der Waals surface area contributed by atoms with Crippen LogP contribution >= 0.6 is 23.2 Å². The maximum absolute atomic E-state index is 6.36. The third kappa shape index (κ3) is 4.44. The molecule has 0 spiro atoms. The van der Waals surface area contributed by atoms with Gasteiger partial charge < -0.3 is 5.32 Å². The molecule has 21 heavy (non-hydrogen) atoms. The van der Waals surface area contributed by atoms with Crippen molar-refractivity contribution in [3.63, 3.8) is 0 Å². The first-order chi connectivity index (χ1) is 10.1. The lowest BCUT2D eigenvalue weighted by Crippen LogP contribution is -2.24. The van der Waals surface area contributed by atoms with Gasteiger partial charge in [0.15, 0.2) is 0 Å². The van der Waals surface area contributed by atoms with Gasteiger partial charge in [-0.1, -0.05) is 42.3 Å². The second-order valence-corrected chi connectivity index (χ2v) is 6.02. The van der Waals surface area contributed by atoms with Crippen LogP contribution in [-0.2, 0) is 6.42 Å². The van der Waals surface area contributed by atoms with Crippen molar-refractivity contribution in [1.29, 1.82) is 0 Å². The lowest BCUT2D eigenvalue weighted by atomic mass is 9.98. The van der Waals surface area contributed by atoms with Gasteiger partial charge in [-0.3, -0.25) is 4.98 Å². The zero-order chi connectivity index (χ0) is 15.2. The van der Waals surface area contributed by atoms with Crippen molar-refractivity contribution in [3.8, 4) is 0 Å². The second kappa shape index (κ2) is 7.79. The second-order valence-electron chi connectivity index (χ2n) is 5.20. The fraction of sp³-hybridized carbons (Fsp3) is 0.353. The maximum atomic E-state index is 6.36. The Morgan fingerprint density at radius 2 is 2.00 bits per heavy atom. The summed E-state index contributed by atoms with van der Waals surface area (Å²) < 4.78 is 0. The molecule has 112 valence electrons. The Kier molecular flexibility index (Phi) is 6.04. The standard InChI is InChI=1S/C17H20Cl2N2/c1-3-7-21-17(14-6-8-20-11-16(14)19)10-13-5-4-12(2)9-15(13)18/h4-6,8-9,11,17,21H,3,7,10H2,1-2H3. The third-order valence-electron chi connectivity index (χ3n) is 3.45. The highest BCUT2D eigenvalue weighted by Gasteiger charge is 2.16. The van der Waals surface area contributed by atoms with Crippen LogP contribution in [0.25, 0.3) is 0 Å². The van der Waals surface area contributed by atoms with Crippen LogP contribution in [0.4, 0.5) is 0 Å². The van der Waals surface area contributed by atoms with Crippen molar-refractivity contribution in [1.82, 2.24) is 10.3 Å². The topological polar surface area (TPSA) is 24.9 Å². The van der Waals surface area contributed by atoms with E-state index in [0.717, 1.165) is 35.5 Å². The van der Waals surface area contributed by atoms with Crippen LogP contribution in [0.3, 0.4) is 0 Å². The van der Waals surface area contributed by atoms with Crippen LogP contribution in [0.2, 0.25) is 10.0 Å². The average molecular weight is 323 g/mol. The van der Waals surface area contributed by atoms with E-state index in [0.29, 0.717) is 5.02 Å². The van der Waals surface area contributed by atoms with Crippen LogP contribution < -0.4 is 5.32 Å². The van der Waals surface area contributed by atoms with Crippen molar-refractivity contribution in [2.75, 3.05) is 6.54 Å². The van der Waals surface area contributed by atoms with Gasteiger partial charge in [-0.05, 0) is 55.1 Å². The van der Waals surface area contributed by atoms with Gasteiger partial charge in [0.05, 0.1) is 5.02 Å². The first-order valence-electron chi connectivity index (χ1n) is 7.19. The molecule has 0 fully saturated rings. The summed E-state index contributed by atoms with van der Waals surface area (Å²) in [6.07, 6.45) is 5.34. The minimum atomic E-state index is 0.139. The van der Waals surface area contributed by atoms with Crippen LogP contribution in [0, 0.1) is 6.92 Å². The Balaban J connectivity index is 2.26. The molecule has 4 heteroatoms. The summed E-state index contributed by atoms with van der Waals surface area (Å²) in [4.78, 5) is 4.06. The Hall–Kier alpha value is -1.09. The van der Waals surface area contributed by atoms with Crippen LogP contribution in [0.15, 0.2) is 36.7 Å². The number of nitrogens with zero attached hydrogens (tertiary/aromatic N) is 1. The van der Waals surface area contributed by atoms with Crippen LogP contribution in [-0.4, -0.2) is 11.5 Å². The van der Waals surface area contributed by atoms with E-state index < -0.39 is 0 Å². The molecule has 0 aliphatic carbocycles. The zero-order valence-electron chi connectivity index (χ0n) is 12.4. The van der Waals surface area contributed by atoms with E-state index in [1.165, 1.54) is 5.56 Å². The molecular weight excluding hydrogens is 303 g/mol. The first kappa shape index (κ1) is 16.3. The summed E-state index contributed by atoms with van der Waals surface area (Å²) in [7, 11) is 0. The number of nitrogens with one attached hydrogen (secondary N) is 1. The van der Waals surface area contributed by atoms with Crippen molar-refractivity contribution < 1.29 is 0 Å². The van der Waals surface area contributed by atoms with Gasteiger partial charge in [0.2, 0.25) is 0 Å². The number of rotatable bonds is 6. The average Bonchev–Trinajstić information content (AvgIpc) is 2.46. The van der Waals surface area contributed by atoms with E-state index in [-0.39, 0.29) is 6.04 Å². The highest BCUT2D eigenvalue weighted by atomic mass is 35.5. The Morgan fingerprint density at radius 3 is 2.67 bits per heavy atom. The lowest BCUT2D eigenvalue weighted by molar-refractivity contribution is 0.529. The summed E-state index contributed by atoms with van der Waals surface area (Å²) in [6.45, 7) is 5.13. The van der Waals surface area contributed by atoms with Crippen LogP contribution in [0.1, 0.15) is 36.1 Å². The van der Waals surface area contributed by atoms with E-state index in [2.05, 4.69) is 29.4 Å². The van der Waals surface area contributed by atoms with Crippen molar-refractivity contribution >= 4 is 23.2 Å². The van der Waals surface area contributed by atoms with E-state index in [1.807, 2.05) is 19.1 Å². The molecule has 1 atom stereocenters. The Morgan fingerprint density at radius 1 is 1.19 bits per heavy atom. The van der Waals surface area contributed by atoms with E-state index in [1.54, 1.807) is 12.4 Å². The normalized spacial score (nSPS) is 12.4. The molecule has 0 saturated carbocycles. The number of aromatic nitrogens is 1. The number of benzene rings is 1. The minimum Gasteiger partial charge on any atom is -0.310 e. The number of halogens is 2. The molecule has 0 saturated heterocycles. The largest absolute Gasteiger partial charge is 0.310 e. The monoisotopic (exact) mass is 322 g/mol. The zero-order valence-corrected chi connectivity index (χ0v) is 13.9. The number of hydrogen-bond donors (Lipinski definition) is 1. The molecule has 0 amide bonds. The maximum Gasteiger partial charge on any atom is 0.0637 e. The number of pyridine rings is 1. The molecule has 2 aromatic rings. The van der Waals surface area contributed by atoms with Gasteiger partial charge in [-0.2, -0.15) is 0 Å². The quantitative estimate of drug-likeness (QED) is 0.811.